The van der Waals surface area contributed by atoms with E-state index >= 15 is 0 Å². The molecule has 1 unspecified atom stereocenters. The summed E-state index contributed by atoms with van der Waals surface area (Å²) in [6.45, 7) is 3.74. The highest BCUT2D eigenvalue weighted by Gasteiger charge is 2.40. The molecule has 2 aromatic carbocycles. The molecule has 7 heteroatoms. The average Bonchev–Trinajstić information content (AvgIpc) is 3.36. The van der Waals surface area contributed by atoms with Gasteiger partial charge < -0.3 is 9.47 Å². The molecule has 5 rings (SSSR count). The van der Waals surface area contributed by atoms with Gasteiger partial charge in [0.05, 0.1) is 17.0 Å². The SMILES string of the molecule is Cc1cc(N2CC(C(=O)N3CCn4c3nc3ccccc34)CC2=O)ccc1Br. The molecule has 28 heavy (non-hydrogen) atoms. The second-order valence-electron chi connectivity index (χ2n) is 7.38. The van der Waals surface area contributed by atoms with E-state index in [1.54, 1.807) is 9.80 Å². The average molecular weight is 439 g/mol. The van der Waals surface area contributed by atoms with Crippen LogP contribution in [0.25, 0.3) is 11.0 Å². The second-order valence-corrected chi connectivity index (χ2v) is 8.24. The molecule has 142 valence electrons. The molecule has 0 N–H and O–H groups in total. The van der Waals surface area contributed by atoms with Gasteiger partial charge in [0.2, 0.25) is 17.8 Å². The van der Waals surface area contributed by atoms with Crippen molar-refractivity contribution < 1.29 is 9.59 Å². The Balaban J connectivity index is 1.40. The summed E-state index contributed by atoms with van der Waals surface area (Å²) in [4.78, 5) is 33.9. The molecule has 1 aromatic heterocycles. The number of carbonyl (C=O) groups excluding carboxylic acids is 2. The summed E-state index contributed by atoms with van der Waals surface area (Å²) in [5, 5.41) is 0. The number of benzene rings is 2. The van der Waals surface area contributed by atoms with Crippen molar-refractivity contribution in [3.05, 3.63) is 52.5 Å². The van der Waals surface area contributed by atoms with Crippen LogP contribution in [-0.2, 0) is 16.1 Å². The topological polar surface area (TPSA) is 58.4 Å². The number of amides is 2. The van der Waals surface area contributed by atoms with E-state index in [-0.39, 0.29) is 24.2 Å². The molecule has 3 aromatic rings. The third-order valence-electron chi connectivity index (χ3n) is 5.62. The minimum Gasteiger partial charge on any atom is -0.312 e. The fourth-order valence-corrected chi connectivity index (χ4v) is 4.38. The first-order valence-electron chi connectivity index (χ1n) is 9.36. The van der Waals surface area contributed by atoms with Gasteiger partial charge in [0.1, 0.15) is 0 Å². The highest BCUT2D eigenvalue weighted by molar-refractivity contribution is 9.10. The van der Waals surface area contributed by atoms with Gasteiger partial charge in [-0.2, -0.15) is 0 Å². The third-order valence-corrected chi connectivity index (χ3v) is 6.51. The van der Waals surface area contributed by atoms with Gasteiger partial charge >= 0.3 is 0 Å². The Kier molecular flexibility index (Phi) is 4.01. The van der Waals surface area contributed by atoms with Crippen LogP contribution in [-0.4, -0.2) is 34.5 Å². The van der Waals surface area contributed by atoms with Crippen molar-refractivity contribution in [2.45, 2.75) is 19.9 Å². The summed E-state index contributed by atoms with van der Waals surface area (Å²) < 4.78 is 3.09. The normalized spacial score (nSPS) is 18.9. The second kappa shape index (κ2) is 6.44. The summed E-state index contributed by atoms with van der Waals surface area (Å²) >= 11 is 3.49. The smallest absolute Gasteiger partial charge is 0.234 e. The zero-order valence-corrected chi connectivity index (χ0v) is 17.0. The van der Waals surface area contributed by atoms with Crippen LogP contribution in [0.5, 0.6) is 0 Å². The molecular weight excluding hydrogens is 420 g/mol. The first-order valence-corrected chi connectivity index (χ1v) is 10.2. The van der Waals surface area contributed by atoms with Gasteiger partial charge in [-0.25, -0.2) is 4.98 Å². The van der Waals surface area contributed by atoms with Crippen LogP contribution in [0, 0.1) is 12.8 Å². The van der Waals surface area contributed by atoms with E-state index in [0.717, 1.165) is 33.3 Å². The molecule has 2 aliphatic heterocycles. The highest BCUT2D eigenvalue weighted by Crippen LogP contribution is 2.32. The van der Waals surface area contributed by atoms with E-state index in [4.69, 9.17) is 0 Å². The lowest BCUT2D eigenvalue weighted by Crippen LogP contribution is -2.36. The number of aromatic nitrogens is 2. The Morgan fingerprint density at radius 3 is 2.82 bits per heavy atom. The number of aryl methyl sites for hydroxylation is 1. The predicted molar refractivity (Wildman–Crippen MR) is 111 cm³/mol. The predicted octanol–water partition coefficient (Wildman–Crippen LogP) is 3.51. The van der Waals surface area contributed by atoms with Gasteiger partial charge in [-0.3, -0.25) is 14.5 Å². The molecule has 0 spiro atoms. The largest absolute Gasteiger partial charge is 0.312 e. The zero-order valence-electron chi connectivity index (χ0n) is 15.4. The van der Waals surface area contributed by atoms with Crippen molar-refractivity contribution in [1.82, 2.24) is 9.55 Å². The van der Waals surface area contributed by atoms with E-state index in [0.29, 0.717) is 19.0 Å². The lowest BCUT2D eigenvalue weighted by molar-refractivity contribution is -0.124. The highest BCUT2D eigenvalue weighted by atomic mass is 79.9. The summed E-state index contributed by atoms with van der Waals surface area (Å²) in [5.41, 5.74) is 3.84. The molecule has 2 amide bonds. The molecule has 0 saturated carbocycles. The van der Waals surface area contributed by atoms with Crippen LogP contribution in [0.1, 0.15) is 12.0 Å². The first-order chi connectivity index (χ1) is 13.5. The van der Waals surface area contributed by atoms with Gasteiger partial charge in [-0.1, -0.05) is 28.1 Å². The Morgan fingerprint density at radius 1 is 1.18 bits per heavy atom. The third kappa shape index (κ3) is 2.64. The number of carbonyl (C=O) groups is 2. The molecule has 1 saturated heterocycles. The van der Waals surface area contributed by atoms with Crippen molar-refractivity contribution in [2.75, 3.05) is 22.9 Å². The van der Waals surface area contributed by atoms with Crippen LogP contribution in [0.3, 0.4) is 0 Å². The molecule has 6 nitrogen and oxygen atoms in total. The van der Waals surface area contributed by atoms with Crippen LogP contribution in [0.15, 0.2) is 46.9 Å². The molecule has 0 radical (unpaired) electrons. The summed E-state index contributed by atoms with van der Waals surface area (Å²) in [5.74, 6) is 0.325. The fourth-order valence-electron chi connectivity index (χ4n) is 4.14. The van der Waals surface area contributed by atoms with E-state index in [1.165, 1.54) is 0 Å². The summed E-state index contributed by atoms with van der Waals surface area (Å²) in [6.07, 6.45) is 0.241. The molecule has 3 heterocycles. The lowest BCUT2D eigenvalue weighted by atomic mass is 10.1. The number of rotatable bonds is 2. The van der Waals surface area contributed by atoms with Gasteiger partial charge in [0.25, 0.3) is 0 Å². The molecular formula is C21H19BrN4O2. The summed E-state index contributed by atoms with van der Waals surface area (Å²) in [6, 6.07) is 13.7. The number of para-hydroxylation sites is 2. The van der Waals surface area contributed by atoms with Crippen molar-refractivity contribution in [3.8, 4) is 0 Å². The number of fused-ring (bicyclic) bond motifs is 3. The van der Waals surface area contributed by atoms with Gasteiger partial charge in [-0.05, 0) is 42.8 Å². The van der Waals surface area contributed by atoms with Gasteiger partial charge in [-0.15, -0.1) is 0 Å². The number of anilines is 2. The van der Waals surface area contributed by atoms with E-state index < -0.39 is 0 Å². The maximum atomic E-state index is 13.2. The van der Waals surface area contributed by atoms with E-state index in [9.17, 15) is 9.59 Å². The lowest BCUT2D eigenvalue weighted by Gasteiger charge is -2.20. The fraction of sp³-hybridized carbons (Fsp3) is 0.286. The van der Waals surface area contributed by atoms with Gasteiger partial charge in [0, 0.05) is 36.2 Å². The quantitative estimate of drug-likeness (QED) is 0.614. The molecule has 0 aliphatic carbocycles. The van der Waals surface area contributed by atoms with Crippen LogP contribution >= 0.6 is 15.9 Å². The number of imidazole rings is 1. The molecule has 0 bridgehead atoms. The minimum absolute atomic E-state index is 0.00669. The Bertz CT molecular complexity index is 1120. The Labute approximate surface area is 170 Å². The minimum atomic E-state index is -0.345. The number of nitrogens with zero attached hydrogens (tertiary/aromatic N) is 4. The van der Waals surface area contributed by atoms with E-state index in [2.05, 4.69) is 25.5 Å². The van der Waals surface area contributed by atoms with Crippen molar-refractivity contribution in [1.29, 1.82) is 0 Å². The molecule has 1 fully saturated rings. The van der Waals surface area contributed by atoms with Crippen molar-refractivity contribution in [3.63, 3.8) is 0 Å². The maximum Gasteiger partial charge on any atom is 0.234 e. The number of hydrogen-bond acceptors (Lipinski definition) is 3. The number of hydrogen-bond donors (Lipinski definition) is 0. The monoisotopic (exact) mass is 438 g/mol. The molecule has 2 aliphatic rings. The van der Waals surface area contributed by atoms with Crippen LogP contribution < -0.4 is 9.80 Å². The molecule has 1 atom stereocenters. The number of halogens is 1. The Hall–Kier alpha value is -2.67. The summed E-state index contributed by atoms with van der Waals surface area (Å²) in [7, 11) is 0. The zero-order chi connectivity index (χ0) is 19.4. The van der Waals surface area contributed by atoms with Crippen LogP contribution in [0.2, 0.25) is 0 Å². The van der Waals surface area contributed by atoms with Crippen LogP contribution in [0.4, 0.5) is 11.6 Å². The maximum absolute atomic E-state index is 13.2. The standard InChI is InChI=1S/C21H19BrN4O2/c1-13-10-15(6-7-16(13)22)26-12-14(11-19(26)27)20(28)25-9-8-24-18-5-3-2-4-17(18)23-21(24)25/h2-7,10,14H,8-9,11-12H2,1H3. The van der Waals surface area contributed by atoms with E-state index in [1.807, 2.05) is 49.4 Å². The van der Waals surface area contributed by atoms with Gasteiger partial charge in [0.15, 0.2) is 0 Å². The van der Waals surface area contributed by atoms with Crippen molar-refractivity contribution >= 4 is 50.4 Å². The first kappa shape index (κ1) is 17.4. The Morgan fingerprint density at radius 2 is 2.00 bits per heavy atom. The van der Waals surface area contributed by atoms with Crippen molar-refractivity contribution in [2.24, 2.45) is 5.92 Å².